The summed E-state index contributed by atoms with van der Waals surface area (Å²) in [5, 5.41) is 5.03. The molecule has 0 fully saturated rings. The van der Waals surface area contributed by atoms with Gasteiger partial charge in [0.25, 0.3) is 0 Å². The molecule has 21 heavy (non-hydrogen) atoms. The van der Waals surface area contributed by atoms with Crippen molar-refractivity contribution in [2.75, 3.05) is 6.61 Å². The number of aliphatic imine (C=N–C) groups is 1. The van der Waals surface area contributed by atoms with E-state index < -0.39 is 10.0 Å². The van der Waals surface area contributed by atoms with Gasteiger partial charge >= 0.3 is 0 Å². The van der Waals surface area contributed by atoms with E-state index in [1.54, 1.807) is 18.3 Å². The molecule has 0 aliphatic heterocycles. The molecule has 0 aliphatic carbocycles. The van der Waals surface area contributed by atoms with Gasteiger partial charge in [-0.15, -0.1) is 0 Å². The zero-order chi connectivity index (χ0) is 15.3. The molecular formula is C15H16N2O3S. The Morgan fingerprint density at radius 3 is 2.24 bits per heavy atom. The van der Waals surface area contributed by atoms with Crippen molar-refractivity contribution < 1.29 is 13.2 Å². The largest absolute Gasteiger partial charge is 0.494 e. The van der Waals surface area contributed by atoms with E-state index in [4.69, 9.17) is 9.88 Å². The third kappa shape index (κ3) is 4.40. The summed E-state index contributed by atoms with van der Waals surface area (Å²) in [6, 6.07) is 13.6. The Morgan fingerprint density at radius 2 is 1.71 bits per heavy atom. The Balaban J connectivity index is 2.10. The van der Waals surface area contributed by atoms with Crippen molar-refractivity contribution >= 4 is 21.9 Å². The van der Waals surface area contributed by atoms with Crippen LogP contribution < -0.4 is 9.88 Å². The first kappa shape index (κ1) is 15.2. The molecule has 0 bridgehead atoms. The maximum atomic E-state index is 11.1. The van der Waals surface area contributed by atoms with Gasteiger partial charge in [0, 0.05) is 6.21 Å². The third-order valence-electron chi connectivity index (χ3n) is 2.72. The number of ether oxygens (including phenoxy) is 1. The molecule has 0 amide bonds. The van der Waals surface area contributed by atoms with Crippen LogP contribution in [0.25, 0.3) is 0 Å². The molecule has 110 valence electrons. The molecule has 2 N–H and O–H groups in total. The van der Waals surface area contributed by atoms with Crippen molar-refractivity contribution in [2.24, 2.45) is 10.1 Å². The van der Waals surface area contributed by atoms with Crippen LogP contribution in [-0.4, -0.2) is 21.2 Å². The first-order valence-electron chi connectivity index (χ1n) is 6.39. The molecule has 6 heteroatoms. The van der Waals surface area contributed by atoms with E-state index in [1.807, 2.05) is 31.2 Å². The van der Waals surface area contributed by atoms with Gasteiger partial charge in [0.1, 0.15) is 5.75 Å². The molecule has 2 rings (SSSR count). The Bertz CT molecular complexity index is 721. The summed E-state index contributed by atoms with van der Waals surface area (Å²) in [6.07, 6.45) is 1.70. The summed E-state index contributed by atoms with van der Waals surface area (Å²) >= 11 is 0. The van der Waals surface area contributed by atoms with Crippen LogP contribution in [0.2, 0.25) is 0 Å². The Morgan fingerprint density at radius 1 is 1.10 bits per heavy atom. The highest BCUT2D eigenvalue weighted by atomic mass is 32.2. The minimum atomic E-state index is -3.66. The highest BCUT2D eigenvalue weighted by molar-refractivity contribution is 7.89. The van der Waals surface area contributed by atoms with Crippen LogP contribution in [0.1, 0.15) is 12.5 Å². The fourth-order valence-electron chi connectivity index (χ4n) is 1.69. The molecule has 0 aromatic heterocycles. The lowest BCUT2D eigenvalue weighted by atomic mass is 10.2. The normalized spacial score (nSPS) is 11.7. The summed E-state index contributed by atoms with van der Waals surface area (Å²) in [5.41, 5.74) is 1.57. The second kappa shape index (κ2) is 6.51. The fraction of sp³-hybridized carbons (Fsp3) is 0.133. The van der Waals surface area contributed by atoms with Crippen LogP contribution >= 0.6 is 0 Å². The quantitative estimate of drug-likeness (QED) is 0.862. The maximum Gasteiger partial charge on any atom is 0.238 e. The van der Waals surface area contributed by atoms with E-state index in [0.717, 1.165) is 11.3 Å². The molecule has 0 saturated heterocycles. The molecule has 0 spiro atoms. The van der Waals surface area contributed by atoms with Crippen LogP contribution in [0.4, 0.5) is 5.69 Å². The van der Waals surface area contributed by atoms with Gasteiger partial charge in [0.2, 0.25) is 10.0 Å². The summed E-state index contributed by atoms with van der Waals surface area (Å²) in [4.78, 5) is 4.35. The zero-order valence-corrected chi connectivity index (χ0v) is 12.4. The minimum Gasteiger partial charge on any atom is -0.494 e. The van der Waals surface area contributed by atoms with Crippen molar-refractivity contribution in [1.29, 1.82) is 0 Å². The van der Waals surface area contributed by atoms with Crippen LogP contribution in [0.15, 0.2) is 58.4 Å². The number of hydrogen-bond acceptors (Lipinski definition) is 4. The molecule has 0 unspecified atom stereocenters. The number of nitrogens with two attached hydrogens (primary N) is 1. The van der Waals surface area contributed by atoms with Gasteiger partial charge in [0.05, 0.1) is 17.2 Å². The van der Waals surface area contributed by atoms with Gasteiger partial charge in [-0.1, -0.05) is 0 Å². The summed E-state index contributed by atoms with van der Waals surface area (Å²) < 4.78 is 27.6. The van der Waals surface area contributed by atoms with Crippen LogP contribution in [0.5, 0.6) is 5.75 Å². The van der Waals surface area contributed by atoms with Gasteiger partial charge < -0.3 is 4.74 Å². The smallest absolute Gasteiger partial charge is 0.238 e. The average molecular weight is 304 g/mol. The number of sulfonamides is 1. The number of hydrogen-bond donors (Lipinski definition) is 1. The SMILES string of the molecule is CCOc1ccc(C=Nc2ccc(S(N)(=O)=O)cc2)cc1. The molecular weight excluding hydrogens is 288 g/mol. The van der Waals surface area contributed by atoms with E-state index in [-0.39, 0.29) is 4.90 Å². The Labute approximate surface area is 124 Å². The van der Waals surface area contributed by atoms with Crippen molar-refractivity contribution in [3.05, 3.63) is 54.1 Å². The first-order chi connectivity index (χ1) is 9.99. The minimum absolute atomic E-state index is 0.0718. The fourth-order valence-corrected chi connectivity index (χ4v) is 2.20. The van der Waals surface area contributed by atoms with Crippen LogP contribution in [0, 0.1) is 0 Å². The predicted octanol–water partition coefficient (Wildman–Crippen LogP) is 2.48. The predicted molar refractivity (Wildman–Crippen MR) is 82.7 cm³/mol. The zero-order valence-electron chi connectivity index (χ0n) is 11.6. The molecule has 2 aromatic rings. The first-order valence-corrected chi connectivity index (χ1v) is 7.93. The number of primary sulfonamides is 1. The van der Waals surface area contributed by atoms with Crippen molar-refractivity contribution in [2.45, 2.75) is 11.8 Å². The van der Waals surface area contributed by atoms with E-state index in [1.165, 1.54) is 12.1 Å². The lowest BCUT2D eigenvalue weighted by Crippen LogP contribution is -2.11. The highest BCUT2D eigenvalue weighted by Crippen LogP contribution is 2.16. The molecule has 0 radical (unpaired) electrons. The van der Waals surface area contributed by atoms with E-state index >= 15 is 0 Å². The van der Waals surface area contributed by atoms with Gasteiger partial charge in [-0.2, -0.15) is 0 Å². The van der Waals surface area contributed by atoms with E-state index in [2.05, 4.69) is 4.99 Å². The average Bonchev–Trinajstić information content (AvgIpc) is 2.46. The number of nitrogens with zero attached hydrogens (tertiary/aromatic N) is 1. The number of benzene rings is 2. The van der Waals surface area contributed by atoms with Gasteiger partial charge in [-0.05, 0) is 61.0 Å². The van der Waals surface area contributed by atoms with E-state index in [9.17, 15) is 8.42 Å². The molecule has 0 heterocycles. The van der Waals surface area contributed by atoms with Gasteiger partial charge in [0.15, 0.2) is 0 Å². The molecule has 5 nitrogen and oxygen atoms in total. The second-order valence-corrected chi connectivity index (χ2v) is 5.86. The van der Waals surface area contributed by atoms with E-state index in [0.29, 0.717) is 12.3 Å². The standard InChI is InChI=1S/C15H16N2O3S/c1-2-20-14-7-3-12(4-8-14)11-17-13-5-9-15(10-6-13)21(16,18)19/h3-11H,2H2,1H3,(H2,16,18,19). The van der Waals surface area contributed by atoms with Crippen LogP contribution in [-0.2, 0) is 10.0 Å². The summed E-state index contributed by atoms with van der Waals surface area (Å²) in [6.45, 7) is 2.56. The monoisotopic (exact) mass is 304 g/mol. The lowest BCUT2D eigenvalue weighted by molar-refractivity contribution is 0.340. The summed E-state index contributed by atoms with van der Waals surface area (Å²) in [7, 11) is -3.66. The van der Waals surface area contributed by atoms with Crippen molar-refractivity contribution in [1.82, 2.24) is 0 Å². The topological polar surface area (TPSA) is 81.8 Å². The lowest BCUT2D eigenvalue weighted by Gasteiger charge is -2.02. The highest BCUT2D eigenvalue weighted by Gasteiger charge is 2.05. The van der Waals surface area contributed by atoms with Gasteiger partial charge in [-0.25, -0.2) is 13.6 Å². The molecule has 0 atom stereocenters. The van der Waals surface area contributed by atoms with Gasteiger partial charge in [-0.3, -0.25) is 4.99 Å². The maximum absolute atomic E-state index is 11.1. The van der Waals surface area contributed by atoms with Crippen molar-refractivity contribution in [3.8, 4) is 5.75 Å². The molecule has 2 aromatic carbocycles. The van der Waals surface area contributed by atoms with Crippen LogP contribution in [0.3, 0.4) is 0 Å². The summed E-state index contributed by atoms with van der Waals surface area (Å²) in [5.74, 6) is 0.812. The Kier molecular flexibility index (Phi) is 4.72. The third-order valence-corrected chi connectivity index (χ3v) is 3.65. The Hall–Kier alpha value is -2.18. The van der Waals surface area contributed by atoms with Crippen molar-refractivity contribution in [3.63, 3.8) is 0 Å². The molecule has 0 saturated carbocycles. The second-order valence-electron chi connectivity index (χ2n) is 4.30. The molecule has 0 aliphatic rings. The number of rotatable bonds is 5.